The van der Waals surface area contributed by atoms with Gasteiger partial charge >= 0.3 is 0 Å². The molecule has 0 saturated heterocycles. The first kappa shape index (κ1) is 16.8. The Balaban J connectivity index is 1.69. The van der Waals surface area contributed by atoms with Crippen molar-refractivity contribution in [2.24, 2.45) is 0 Å². The van der Waals surface area contributed by atoms with Gasteiger partial charge in [-0.3, -0.25) is 4.79 Å². The van der Waals surface area contributed by atoms with E-state index in [1.807, 2.05) is 66.9 Å². The van der Waals surface area contributed by atoms with Crippen LogP contribution in [0.1, 0.15) is 18.0 Å². The minimum absolute atomic E-state index is 0.157. The quantitative estimate of drug-likeness (QED) is 0.558. The summed E-state index contributed by atoms with van der Waals surface area (Å²) in [6.07, 6.45) is 3.69. The first-order valence-corrected chi connectivity index (χ1v) is 8.77. The molecule has 1 atom stereocenters. The van der Waals surface area contributed by atoms with Crippen LogP contribution in [-0.2, 0) is 4.79 Å². The van der Waals surface area contributed by atoms with Crippen LogP contribution in [0.5, 0.6) is 5.88 Å². The van der Waals surface area contributed by atoms with Gasteiger partial charge < -0.3 is 15.0 Å². The van der Waals surface area contributed by atoms with E-state index in [1.54, 1.807) is 22.9 Å². The number of hydrogen-bond donors (Lipinski definition) is 2. The van der Waals surface area contributed by atoms with Crippen molar-refractivity contribution in [3.8, 4) is 5.88 Å². The van der Waals surface area contributed by atoms with Crippen LogP contribution in [0, 0.1) is 0 Å². The van der Waals surface area contributed by atoms with E-state index in [0.717, 1.165) is 16.3 Å². The summed E-state index contributed by atoms with van der Waals surface area (Å²) in [7, 11) is 0. The van der Waals surface area contributed by atoms with Crippen LogP contribution in [0.3, 0.4) is 0 Å². The molecule has 27 heavy (non-hydrogen) atoms. The Bertz CT molecular complexity index is 1060. The zero-order chi connectivity index (χ0) is 18.6. The molecule has 4 aromatic rings. The van der Waals surface area contributed by atoms with Crippen LogP contribution in [0.25, 0.3) is 10.8 Å². The van der Waals surface area contributed by atoms with Gasteiger partial charge in [-0.05, 0) is 23.8 Å². The molecule has 0 aliphatic heterocycles. The van der Waals surface area contributed by atoms with E-state index in [-0.39, 0.29) is 24.2 Å². The summed E-state index contributed by atoms with van der Waals surface area (Å²) in [5, 5.41) is 15.3. The van der Waals surface area contributed by atoms with Gasteiger partial charge in [0.2, 0.25) is 5.91 Å². The lowest BCUT2D eigenvalue weighted by atomic mass is 10.0. The zero-order valence-electron chi connectivity index (χ0n) is 14.6. The topological polar surface area (TPSA) is 67.2 Å². The third kappa shape index (κ3) is 3.53. The van der Waals surface area contributed by atoms with Gasteiger partial charge in [-0.25, -0.2) is 4.98 Å². The minimum atomic E-state index is -0.331. The van der Waals surface area contributed by atoms with Gasteiger partial charge in [-0.1, -0.05) is 54.6 Å². The second-order valence-corrected chi connectivity index (χ2v) is 6.34. The fourth-order valence-corrected chi connectivity index (χ4v) is 3.26. The van der Waals surface area contributed by atoms with Crippen molar-refractivity contribution in [3.63, 3.8) is 0 Å². The summed E-state index contributed by atoms with van der Waals surface area (Å²) < 4.78 is 1.76. The average Bonchev–Trinajstić information content (AvgIpc) is 3.04. The number of benzene rings is 2. The van der Waals surface area contributed by atoms with Crippen molar-refractivity contribution in [1.29, 1.82) is 0 Å². The Labute approximate surface area is 156 Å². The number of carbonyl (C=O) groups excluding carboxylic acids is 1. The molecule has 0 saturated carbocycles. The molecule has 4 rings (SSSR count). The summed E-state index contributed by atoms with van der Waals surface area (Å²) in [6, 6.07) is 22.4. The second kappa shape index (κ2) is 7.33. The van der Waals surface area contributed by atoms with Crippen LogP contribution in [0.15, 0.2) is 85.2 Å². The number of carbonyl (C=O) groups is 1. The monoisotopic (exact) mass is 357 g/mol. The van der Waals surface area contributed by atoms with E-state index in [4.69, 9.17) is 0 Å². The number of nitrogens with one attached hydrogen (secondary N) is 1. The standard InChI is InChI=1S/C22H19N3O2/c26-21(24-20-12-6-7-13-23-20)14-19(16-8-2-1-3-9-16)25-15-17-10-4-5-11-18(17)22(25)27/h1-13,15,19,27H,14H2,(H,23,24,26). The first-order chi connectivity index (χ1) is 13.2. The molecule has 1 unspecified atom stereocenters. The van der Waals surface area contributed by atoms with Gasteiger partial charge in [0.15, 0.2) is 5.88 Å². The van der Waals surface area contributed by atoms with Crippen molar-refractivity contribution in [2.45, 2.75) is 12.5 Å². The van der Waals surface area contributed by atoms with Crippen LogP contribution in [0.2, 0.25) is 0 Å². The second-order valence-electron chi connectivity index (χ2n) is 6.34. The van der Waals surface area contributed by atoms with Crippen molar-refractivity contribution in [3.05, 3.63) is 90.8 Å². The lowest BCUT2D eigenvalue weighted by Crippen LogP contribution is -2.20. The van der Waals surface area contributed by atoms with Crippen LogP contribution >= 0.6 is 0 Å². The number of amides is 1. The van der Waals surface area contributed by atoms with Crippen molar-refractivity contribution in [1.82, 2.24) is 9.55 Å². The summed E-state index contributed by atoms with van der Waals surface area (Å²) in [4.78, 5) is 16.8. The molecule has 1 amide bonds. The number of anilines is 1. The number of fused-ring (bicyclic) bond motifs is 1. The molecule has 2 heterocycles. The van der Waals surface area contributed by atoms with Crippen molar-refractivity contribution < 1.29 is 9.90 Å². The fraction of sp³-hybridized carbons (Fsp3) is 0.0909. The maximum absolute atomic E-state index is 12.6. The number of aromatic nitrogens is 2. The predicted molar refractivity (Wildman–Crippen MR) is 106 cm³/mol. The molecule has 2 aromatic carbocycles. The Kier molecular flexibility index (Phi) is 4.58. The van der Waals surface area contributed by atoms with Gasteiger partial charge in [0.25, 0.3) is 0 Å². The van der Waals surface area contributed by atoms with E-state index < -0.39 is 0 Å². The van der Waals surface area contributed by atoms with E-state index >= 15 is 0 Å². The van der Waals surface area contributed by atoms with Gasteiger partial charge in [-0.2, -0.15) is 0 Å². The molecular weight excluding hydrogens is 338 g/mol. The summed E-state index contributed by atoms with van der Waals surface area (Å²) >= 11 is 0. The molecule has 5 nitrogen and oxygen atoms in total. The molecule has 0 aliphatic carbocycles. The molecule has 0 aliphatic rings. The van der Waals surface area contributed by atoms with Gasteiger partial charge in [0, 0.05) is 23.2 Å². The molecule has 134 valence electrons. The number of nitrogens with zero attached hydrogens (tertiary/aromatic N) is 2. The Hall–Kier alpha value is -3.60. The van der Waals surface area contributed by atoms with Gasteiger partial charge in [-0.15, -0.1) is 0 Å². The van der Waals surface area contributed by atoms with E-state index in [9.17, 15) is 9.90 Å². The van der Waals surface area contributed by atoms with Crippen LogP contribution < -0.4 is 5.32 Å². The highest BCUT2D eigenvalue weighted by Gasteiger charge is 2.22. The van der Waals surface area contributed by atoms with Crippen LogP contribution in [-0.4, -0.2) is 20.6 Å². The highest BCUT2D eigenvalue weighted by Crippen LogP contribution is 2.34. The molecule has 2 N–H and O–H groups in total. The van der Waals surface area contributed by atoms with E-state index in [2.05, 4.69) is 10.3 Å². The Morgan fingerprint density at radius 2 is 1.74 bits per heavy atom. The average molecular weight is 357 g/mol. The molecular formula is C22H19N3O2. The Morgan fingerprint density at radius 3 is 2.48 bits per heavy atom. The number of hydrogen-bond acceptors (Lipinski definition) is 3. The van der Waals surface area contributed by atoms with Gasteiger partial charge in [0.1, 0.15) is 5.82 Å². The van der Waals surface area contributed by atoms with Crippen molar-refractivity contribution in [2.75, 3.05) is 5.32 Å². The van der Waals surface area contributed by atoms with Gasteiger partial charge in [0.05, 0.1) is 12.5 Å². The summed E-state index contributed by atoms with van der Waals surface area (Å²) in [5.74, 6) is 0.501. The van der Waals surface area contributed by atoms with Crippen LogP contribution in [0.4, 0.5) is 5.82 Å². The highest BCUT2D eigenvalue weighted by atomic mass is 16.3. The van der Waals surface area contributed by atoms with Crippen molar-refractivity contribution >= 4 is 22.5 Å². The minimum Gasteiger partial charge on any atom is -0.494 e. The predicted octanol–water partition coefficient (Wildman–Crippen LogP) is 4.36. The van der Waals surface area contributed by atoms with E-state index in [0.29, 0.717) is 5.82 Å². The maximum atomic E-state index is 12.6. The molecule has 5 heteroatoms. The first-order valence-electron chi connectivity index (χ1n) is 8.77. The SMILES string of the molecule is O=C(CC(c1ccccc1)n1cc2ccccc2c1O)Nc1ccccn1. The number of aromatic hydroxyl groups is 1. The number of pyridine rings is 1. The summed E-state index contributed by atoms with van der Waals surface area (Å²) in [5.41, 5.74) is 0.948. The normalized spacial score (nSPS) is 12.0. The third-order valence-electron chi connectivity index (χ3n) is 4.56. The molecule has 0 fully saturated rings. The molecule has 0 radical (unpaired) electrons. The molecule has 2 aromatic heterocycles. The highest BCUT2D eigenvalue weighted by molar-refractivity contribution is 5.91. The lowest BCUT2D eigenvalue weighted by molar-refractivity contribution is -0.116. The largest absolute Gasteiger partial charge is 0.494 e. The zero-order valence-corrected chi connectivity index (χ0v) is 14.6. The Morgan fingerprint density at radius 1 is 1.00 bits per heavy atom. The van der Waals surface area contributed by atoms with E-state index in [1.165, 1.54) is 0 Å². The molecule has 0 spiro atoms. The smallest absolute Gasteiger partial charge is 0.227 e. The maximum Gasteiger partial charge on any atom is 0.227 e. The molecule has 0 bridgehead atoms. The number of rotatable bonds is 5. The fourth-order valence-electron chi connectivity index (χ4n) is 3.26. The summed E-state index contributed by atoms with van der Waals surface area (Å²) in [6.45, 7) is 0. The lowest BCUT2D eigenvalue weighted by Gasteiger charge is -2.20. The third-order valence-corrected chi connectivity index (χ3v) is 4.56.